The van der Waals surface area contributed by atoms with Gasteiger partial charge in [-0.2, -0.15) is 13.2 Å². The molecule has 3 rings (SSSR count). The third kappa shape index (κ3) is 4.72. The Hall–Kier alpha value is -3.40. The summed E-state index contributed by atoms with van der Waals surface area (Å²) >= 11 is 0. The Labute approximate surface area is 163 Å². The molecule has 0 bridgehead atoms. The van der Waals surface area contributed by atoms with Crippen LogP contribution in [-0.2, 0) is 6.18 Å². The quantitative estimate of drug-likeness (QED) is 0.470. The van der Waals surface area contributed by atoms with E-state index in [0.717, 1.165) is 12.1 Å². The van der Waals surface area contributed by atoms with Crippen LogP contribution in [0.1, 0.15) is 29.9 Å². The highest BCUT2D eigenvalue weighted by Crippen LogP contribution is 2.31. The summed E-state index contributed by atoms with van der Waals surface area (Å²) in [6.45, 7) is 3.31. The Kier molecular flexibility index (Phi) is 5.55. The monoisotopic (exact) mass is 406 g/mol. The lowest BCUT2D eigenvalue weighted by atomic mass is 10.1. The maximum Gasteiger partial charge on any atom is 0.416 e. The van der Waals surface area contributed by atoms with Crippen molar-refractivity contribution in [2.75, 3.05) is 5.32 Å². The normalized spacial score (nSPS) is 11.6. The van der Waals surface area contributed by atoms with Crippen molar-refractivity contribution in [3.05, 3.63) is 60.0 Å². The second-order valence-corrected chi connectivity index (χ2v) is 6.41. The molecule has 0 aliphatic heterocycles. The van der Waals surface area contributed by atoms with Crippen molar-refractivity contribution in [1.29, 1.82) is 0 Å². The molecule has 2 heterocycles. The molecule has 0 radical (unpaired) electrons. The third-order valence-corrected chi connectivity index (χ3v) is 3.93. The molecule has 2 aromatic heterocycles. The number of hydrogen-bond donors (Lipinski definition) is 2. The van der Waals surface area contributed by atoms with Gasteiger partial charge in [-0.25, -0.2) is 15.0 Å². The minimum atomic E-state index is -4.41. The van der Waals surface area contributed by atoms with Gasteiger partial charge in [-0.05, 0) is 38.1 Å². The number of nitrogens with zero attached hydrogens (tertiary/aromatic N) is 3. The third-order valence-electron chi connectivity index (χ3n) is 3.93. The number of pyridine rings is 1. The molecule has 7 nitrogen and oxygen atoms in total. The molecule has 1 aromatic carbocycles. The summed E-state index contributed by atoms with van der Waals surface area (Å²) in [7, 11) is 0. The van der Waals surface area contributed by atoms with E-state index in [1.807, 2.05) is 0 Å². The average Bonchev–Trinajstić information content (AvgIpc) is 3.15. The first-order valence-corrected chi connectivity index (χ1v) is 8.54. The number of oxazole rings is 1. The van der Waals surface area contributed by atoms with Crippen molar-refractivity contribution in [2.45, 2.75) is 26.1 Å². The van der Waals surface area contributed by atoms with E-state index in [9.17, 15) is 23.2 Å². The second kappa shape index (κ2) is 7.92. The highest BCUT2D eigenvalue weighted by molar-refractivity contribution is 5.91. The number of nitrogens with one attached hydrogen (secondary N) is 1. The van der Waals surface area contributed by atoms with Crippen LogP contribution in [0.3, 0.4) is 0 Å². The molecular formula is C19H17F3N4O3. The molecule has 3 aromatic rings. The first-order chi connectivity index (χ1) is 13.6. The number of halogens is 3. The number of aromatic nitrogens is 2. The summed E-state index contributed by atoms with van der Waals surface area (Å²) < 4.78 is 43.4. The fraction of sp³-hybridized carbons (Fsp3) is 0.211. The molecule has 0 atom stereocenters. The van der Waals surface area contributed by atoms with Crippen LogP contribution in [0.2, 0.25) is 0 Å². The van der Waals surface area contributed by atoms with E-state index in [2.05, 4.69) is 15.3 Å². The molecule has 29 heavy (non-hydrogen) atoms. The van der Waals surface area contributed by atoms with E-state index < -0.39 is 23.7 Å². The first-order valence-electron chi connectivity index (χ1n) is 8.54. The molecule has 152 valence electrons. The molecule has 0 saturated heterocycles. The standard InChI is InChI=1S/C19H17F3N4O3/c1-11(2)26(28)17(27)15-8-7-14(9-23-15)25-18-24-10-16(29-18)12-3-5-13(6-4-12)19(20,21)22/h3-11,28H,1-2H3,(H,24,25). The number of amides is 1. The molecule has 2 N–H and O–H groups in total. The lowest BCUT2D eigenvalue weighted by Gasteiger charge is -2.18. The van der Waals surface area contributed by atoms with E-state index >= 15 is 0 Å². The molecule has 0 aliphatic carbocycles. The summed E-state index contributed by atoms with van der Waals surface area (Å²) in [5, 5.41) is 13.1. The van der Waals surface area contributed by atoms with Gasteiger partial charge >= 0.3 is 6.18 Å². The van der Waals surface area contributed by atoms with E-state index in [1.165, 1.54) is 30.6 Å². The molecular weight excluding hydrogens is 389 g/mol. The van der Waals surface area contributed by atoms with Crippen molar-refractivity contribution in [2.24, 2.45) is 0 Å². The van der Waals surface area contributed by atoms with Crippen LogP contribution >= 0.6 is 0 Å². The number of carbonyl (C=O) groups excluding carboxylic acids is 1. The Morgan fingerprint density at radius 1 is 1.10 bits per heavy atom. The minimum absolute atomic E-state index is 0.0598. The molecule has 0 unspecified atom stereocenters. The van der Waals surface area contributed by atoms with Crippen LogP contribution in [-0.4, -0.2) is 32.2 Å². The topological polar surface area (TPSA) is 91.5 Å². The fourth-order valence-corrected chi connectivity index (χ4v) is 2.36. The Bertz CT molecular complexity index is 983. The number of rotatable bonds is 5. The second-order valence-electron chi connectivity index (χ2n) is 6.41. The number of hydrogen-bond acceptors (Lipinski definition) is 6. The predicted octanol–water partition coefficient (Wildman–Crippen LogP) is 4.74. The molecule has 0 spiro atoms. The van der Waals surface area contributed by atoms with E-state index in [0.29, 0.717) is 16.3 Å². The van der Waals surface area contributed by atoms with Gasteiger partial charge in [0.2, 0.25) is 0 Å². The van der Waals surface area contributed by atoms with Crippen molar-refractivity contribution in [3.63, 3.8) is 0 Å². The Morgan fingerprint density at radius 3 is 2.34 bits per heavy atom. The summed E-state index contributed by atoms with van der Waals surface area (Å²) in [5.74, 6) is -0.346. The van der Waals surface area contributed by atoms with E-state index in [4.69, 9.17) is 4.42 Å². The van der Waals surface area contributed by atoms with Crippen LogP contribution < -0.4 is 5.32 Å². The van der Waals surface area contributed by atoms with Crippen molar-refractivity contribution >= 4 is 17.6 Å². The number of benzene rings is 1. The van der Waals surface area contributed by atoms with Gasteiger partial charge in [-0.15, -0.1) is 0 Å². The summed E-state index contributed by atoms with van der Waals surface area (Å²) in [6, 6.07) is 7.21. The lowest BCUT2D eigenvalue weighted by Crippen LogP contribution is -2.34. The minimum Gasteiger partial charge on any atom is -0.423 e. The van der Waals surface area contributed by atoms with Crippen LogP contribution in [0.15, 0.2) is 53.2 Å². The summed E-state index contributed by atoms with van der Waals surface area (Å²) in [5.41, 5.74) is 0.217. The van der Waals surface area contributed by atoms with Gasteiger partial charge in [0.25, 0.3) is 11.9 Å². The summed E-state index contributed by atoms with van der Waals surface area (Å²) in [6.07, 6.45) is -1.67. The van der Waals surface area contributed by atoms with E-state index in [1.54, 1.807) is 19.9 Å². The highest BCUT2D eigenvalue weighted by Gasteiger charge is 2.30. The number of hydroxylamine groups is 2. The van der Waals surface area contributed by atoms with Crippen molar-refractivity contribution < 1.29 is 27.6 Å². The fourth-order valence-electron chi connectivity index (χ4n) is 2.36. The first kappa shape index (κ1) is 20.3. The van der Waals surface area contributed by atoms with Gasteiger partial charge in [0.1, 0.15) is 5.69 Å². The van der Waals surface area contributed by atoms with Gasteiger partial charge in [-0.1, -0.05) is 12.1 Å². The number of alkyl halides is 3. The number of anilines is 2. The van der Waals surface area contributed by atoms with Gasteiger partial charge < -0.3 is 9.73 Å². The zero-order valence-electron chi connectivity index (χ0n) is 15.4. The molecule has 0 saturated carbocycles. The molecule has 10 heteroatoms. The largest absolute Gasteiger partial charge is 0.423 e. The van der Waals surface area contributed by atoms with Gasteiger partial charge in [-0.3, -0.25) is 10.0 Å². The van der Waals surface area contributed by atoms with Gasteiger partial charge in [0.05, 0.1) is 29.7 Å². The van der Waals surface area contributed by atoms with Crippen LogP contribution in [0, 0.1) is 0 Å². The lowest BCUT2D eigenvalue weighted by molar-refractivity contribution is -0.137. The molecule has 0 aliphatic rings. The van der Waals surface area contributed by atoms with Gasteiger partial charge in [0, 0.05) is 5.56 Å². The smallest absolute Gasteiger partial charge is 0.416 e. The predicted molar refractivity (Wildman–Crippen MR) is 97.6 cm³/mol. The Balaban J connectivity index is 1.69. The van der Waals surface area contributed by atoms with Crippen molar-refractivity contribution in [1.82, 2.24) is 15.0 Å². The highest BCUT2D eigenvalue weighted by atomic mass is 19.4. The maximum absolute atomic E-state index is 12.6. The van der Waals surface area contributed by atoms with Crippen LogP contribution in [0.5, 0.6) is 0 Å². The van der Waals surface area contributed by atoms with Crippen molar-refractivity contribution in [3.8, 4) is 11.3 Å². The Morgan fingerprint density at radius 2 is 1.79 bits per heavy atom. The van der Waals surface area contributed by atoms with Crippen LogP contribution in [0.4, 0.5) is 24.9 Å². The van der Waals surface area contributed by atoms with Gasteiger partial charge in [0.15, 0.2) is 5.76 Å². The molecule has 0 fully saturated rings. The van der Waals surface area contributed by atoms with E-state index in [-0.39, 0.29) is 17.5 Å². The van der Waals surface area contributed by atoms with Crippen LogP contribution in [0.25, 0.3) is 11.3 Å². The maximum atomic E-state index is 12.6. The SMILES string of the molecule is CC(C)N(O)C(=O)c1ccc(Nc2ncc(-c3ccc(C(F)(F)F)cc3)o2)cn1. The molecule has 1 amide bonds. The zero-order valence-corrected chi connectivity index (χ0v) is 15.4. The summed E-state index contributed by atoms with van der Waals surface area (Å²) in [4.78, 5) is 20.0. The average molecular weight is 406 g/mol. The zero-order chi connectivity index (χ0) is 21.2. The number of carbonyl (C=O) groups is 1.